The van der Waals surface area contributed by atoms with Crippen molar-refractivity contribution < 1.29 is 5.11 Å². The topological polar surface area (TPSA) is 32.6 Å². The fourth-order valence-corrected chi connectivity index (χ4v) is 0.635. The van der Waals surface area contributed by atoms with Crippen LogP contribution < -0.4 is 0 Å². The fraction of sp³-hybridized carbons (Fsp3) is 0. The summed E-state index contributed by atoms with van der Waals surface area (Å²) in [6, 6.07) is 6.40. The molecular weight excluding hydrogens is 134 g/mol. The van der Waals surface area contributed by atoms with E-state index in [0.29, 0.717) is 5.69 Å². The SMILES string of the molecule is Oc1ccc(N=S)cc1. The summed E-state index contributed by atoms with van der Waals surface area (Å²) in [4.78, 5) is 0. The summed E-state index contributed by atoms with van der Waals surface area (Å²) in [6.07, 6.45) is 0. The summed E-state index contributed by atoms with van der Waals surface area (Å²) in [5.74, 6) is 0.234. The van der Waals surface area contributed by atoms with Gasteiger partial charge in [0.2, 0.25) is 0 Å². The molecule has 1 aromatic carbocycles. The number of phenolic OH excluding ortho intramolecular Hbond substituents is 1. The molecule has 1 aromatic rings. The van der Waals surface area contributed by atoms with Crippen molar-refractivity contribution in [2.45, 2.75) is 0 Å². The molecule has 0 heterocycles. The molecule has 0 saturated carbocycles. The largest absolute Gasteiger partial charge is 0.508 e. The summed E-state index contributed by atoms with van der Waals surface area (Å²) in [6.45, 7) is 0. The van der Waals surface area contributed by atoms with Gasteiger partial charge in [-0.25, -0.2) is 0 Å². The van der Waals surface area contributed by atoms with Crippen molar-refractivity contribution in [3.63, 3.8) is 0 Å². The Hall–Kier alpha value is -0.960. The van der Waals surface area contributed by atoms with E-state index in [1.807, 2.05) is 0 Å². The van der Waals surface area contributed by atoms with Gasteiger partial charge in [-0.15, -0.1) is 0 Å². The maximum absolute atomic E-state index is 8.78. The summed E-state index contributed by atoms with van der Waals surface area (Å²) in [7, 11) is 0. The van der Waals surface area contributed by atoms with E-state index in [1.165, 1.54) is 0 Å². The quantitative estimate of drug-likeness (QED) is 0.643. The molecule has 0 aliphatic carbocycles. The minimum absolute atomic E-state index is 0.234. The van der Waals surface area contributed by atoms with Crippen LogP contribution in [0.15, 0.2) is 28.6 Å². The molecule has 0 aliphatic heterocycles. The Bertz CT molecular complexity index is 207. The standard InChI is InChI=1S/C6H5NOS/c8-6-3-1-5(7-9)2-4-6/h1-4,8H. The Morgan fingerprint density at radius 2 is 1.78 bits per heavy atom. The normalized spacial score (nSPS) is 8.89. The Kier molecular flexibility index (Phi) is 1.75. The summed E-state index contributed by atoms with van der Waals surface area (Å²) < 4.78 is 3.48. The number of aromatic hydroxyl groups is 1. The first-order valence-corrected chi connectivity index (χ1v) is 2.82. The van der Waals surface area contributed by atoms with Crippen molar-refractivity contribution in [2.75, 3.05) is 0 Å². The second kappa shape index (κ2) is 2.55. The zero-order chi connectivity index (χ0) is 6.69. The van der Waals surface area contributed by atoms with Gasteiger partial charge in [0.1, 0.15) is 5.75 Å². The van der Waals surface area contributed by atoms with Gasteiger partial charge in [-0.3, -0.25) is 0 Å². The molecule has 0 atom stereocenters. The highest BCUT2D eigenvalue weighted by molar-refractivity contribution is 7.47. The van der Waals surface area contributed by atoms with E-state index in [-0.39, 0.29) is 5.75 Å². The average Bonchev–Trinajstić information content (AvgIpc) is 1.90. The van der Waals surface area contributed by atoms with E-state index in [4.69, 9.17) is 5.11 Å². The van der Waals surface area contributed by atoms with Crippen molar-refractivity contribution in [2.24, 2.45) is 4.36 Å². The van der Waals surface area contributed by atoms with Crippen molar-refractivity contribution in [1.82, 2.24) is 0 Å². The maximum atomic E-state index is 8.78. The van der Waals surface area contributed by atoms with E-state index in [2.05, 4.69) is 16.8 Å². The second-order valence-electron chi connectivity index (χ2n) is 1.61. The number of benzene rings is 1. The highest BCUT2D eigenvalue weighted by atomic mass is 32.1. The minimum atomic E-state index is 0.234. The molecule has 0 spiro atoms. The predicted octanol–water partition coefficient (Wildman–Crippen LogP) is 1.75. The summed E-state index contributed by atoms with van der Waals surface area (Å²) in [5, 5.41) is 8.78. The number of phenols is 1. The number of hydrogen-bond acceptors (Lipinski definition) is 3. The second-order valence-corrected chi connectivity index (χ2v) is 1.79. The lowest BCUT2D eigenvalue weighted by Gasteiger charge is -1.89. The molecule has 0 unspecified atom stereocenters. The third kappa shape index (κ3) is 1.47. The number of hydrogen-bond donors (Lipinski definition) is 1. The number of nitrogens with zero attached hydrogens (tertiary/aromatic N) is 1. The van der Waals surface area contributed by atoms with Crippen LogP contribution in [0, 0.1) is 0 Å². The Balaban J connectivity index is 3.01. The van der Waals surface area contributed by atoms with E-state index < -0.39 is 0 Å². The van der Waals surface area contributed by atoms with Gasteiger partial charge in [-0.1, -0.05) is 0 Å². The molecule has 0 fully saturated rings. The zero-order valence-electron chi connectivity index (χ0n) is 4.61. The molecule has 0 aromatic heterocycles. The van der Waals surface area contributed by atoms with Crippen LogP contribution in [0.4, 0.5) is 5.69 Å². The van der Waals surface area contributed by atoms with Gasteiger partial charge in [-0.2, -0.15) is 4.36 Å². The Labute approximate surface area is 58.3 Å². The molecular formula is C6H5NOS. The monoisotopic (exact) mass is 139 g/mol. The zero-order valence-corrected chi connectivity index (χ0v) is 5.43. The van der Waals surface area contributed by atoms with Crippen LogP contribution in [0.2, 0.25) is 0 Å². The van der Waals surface area contributed by atoms with Gasteiger partial charge in [0.05, 0.1) is 5.69 Å². The first kappa shape index (κ1) is 6.16. The smallest absolute Gasteiger partial charge is 0.115 e. The highest BCUT2D eigenvalue weighted by Gasteiger charge is 1.86. The van der Waals surface area contributed by atoms with Crippen molar-refractivity contribution in [1.29, 1.82) is 0 Å². The van der Waals surface area contributed by atoms with Crippen LogP contribution in [-0.2, 0) is 12.4 Å². The molecule has 2 nitrogen and oxygen atoms in total. The molecule has 1 N–H and O–H groups in total. The Morgan fingerprint density at radius 1 is 1.22 bits per heavy atom. The lowest BCUT2D eigenvalue weighted by molar-refractivity contribution is 0.475. The van der Waals surface area contributed by atoms with E-state index in [9.17, 15) is 0 Å². The minimum Gasteiger partial charge on any atom is -0.508 e. The molecule has 0 saturated heterocycles. The molecule has 0 amide bonds. The highest BCUT2D eigenvalue weighted by Crippen LogP contribution is 2.15. The maximum Gasteiger partial charge on any atom is 0.115 e. The van der Waals surface area contributed by atoms with Gasteiger partial charge in [0.15, 0.2) is 0 Å². The van der Waals surface area contributed by atoms with Gasteiger partial charge < -0.3 is 5.11 Å². The van der Waals surface area contributed by atoms with Crippen molar-refractivity contribution in [3.8, 4) is 5.75 Å². The molecule has 1 rings (SSSR count). The average molecular weight is 139 g/mol. The van der Waals surface area contributed by atoms with Crippen LogP contribution in [-0.4, -0.2) is 5.11 Å². The molecule has 0 aliphatic rings. The van der Waals surface area contributed by atoms with Gasteiger partial charge in [-0.05, 0) is 24.3 Å². The van der Waals surface area contributed by atoms with Crippen LogP contribution in [0.1, 0.15) is 0 Å². The van der Waals surface area contributed by atoms with Crippen LogP contribution in [0.3, 0.4) is 0 Å². The van der Waals surface area contributed by atoms with Gasteiger partial charge in [0.25, 0.3) is 0 Å². The van der Waals surface area contributed by atoms with Crippen LogP contribution in [0.5, 0.6) is 5.75 Å². The molecule has 0 bridgehead atoms. The summed E-state index contributed by atoms with van der Waals surface area (Å²) >= 11 is 4.41. The summed E-state index contributed by atoms with van der Waals surface area (Å²) in [5.41, 5.74) is 0.697. The lowest BCUT2D eigenvalue weighted by Crippen LogP contribution is -1.61. The van der Waals surface area contributed by atoms with Crippen molar-refractivity contribution >= 4 is 18.1 Å². The molecule has 9 heavy (non-hydrogen) atoms. The predicted molar refractivity (Wildman–Crippen MR) is 37.6 cm³/mol. The number of rotatable bonds is 1. The van der Waals surface area contributed by atoms with Crippen molar-refractivity contribution in [3.05, 3.63) is 24.3 Å². The Morgan fingerprint density at radius 3 is 2.22 bits per heavy atom. The van der Waals surface area contributed by atoms with Gasteiger partial charge in [0, 0.05) is 12.4 Å². The first-order chi connectivity index (χ1) is 4.33. The van der Waals surface area contributed by atoms with E-state index in [1.54, 1.807) is 24.3 Å². The van der Waals surface area contributed by atoms with Gasteiger partial charge >= 0.3 is 0 Å². The fourth-order valence-electron chi connectivity index (χ4n) is 0.513. The lowest BCUT2D eigenvalue weighted by atomic mass is 10.3. The molecule has 3 heteroatoms. The third-order valence-electron chi connectivity index (χ3n) is 0.955. The first-order valence-electron chi connectivity index (χ1n) is 2.45. The van der Waals surface area contributed by atoms with Crippen LogP contribution >= 0.6 is 0 Å². The molecule has 46 valence electrons. The molecule has 0 radical (unpaired) electrons. The van der Waals surface area contributed by atoms with E-state index >= 15 is 0 Å². The third-order valence-corrected chi connectivity index (χ3v) is 1.17. The van der Waals surface area contributed by atoms with Crippen LogP contribution in [0.25, 0.3) is 0 Å². The van der Waals surface area contributed by atoms with E-state index in [0.717, 1.165) is 0 Å².